The SMILES string of the molecule is COc1ccc(NC(=O)N[C@@H](CN2CCCC2=O)c2cccc(C(F)(F)F)c2)cn1. The number of nitrogens with zero attached hydrogens (tertiary/aromatic N) is 2. The fourth-order valence-electron chi connectivity index (χ4n) is 3.18. The normalized spacial score (nSPS) is 15.1. The number of amides is 3. The molecule has 0 saturated carbocycles. The van der Waals surface area contributed by atoms with Crippen molar-refractivity contribution in [2.24, 2.45) is 0 Å². The van der Waals surface area contributed by atoms with Crippen LogP contribution >= 0.6 is 0 Å². The van der Waals surface area contributed by atoms with Crippen LogP contribution in [-0.2, 0) is 11.0 Å². The number of likely N-dealkylation sites (tertiary alicyclic amines) is 1. The molecule has 2 aromatic rings. The van der Waals surface area contributed by atoms with E-state index in [2.05, 4.69) is 15.6 Å². The Kier molecular flexibility index (Phi) is 6.43. The maximum Gasteiger partial charge on any atom is 0.416 e. The van der Waals surface area contributed by atoms with Gasteiger partial charge in [-0.3, -0.25) is 4.79 Å². The van der Waals surface area contributed by atoms with Gasteiger partial charge in [0.2, 0.25) is 11.8 Å². The van der Waals surface area contributed by atoms with E-state index in [1.807, 2.05) is 0 Å². The first-order chi connectivity index (χ1) is 14.3. The lowest BCUT2D eigenvalue weighted by Crippen LogP contribution is -2.40. The lowest BCUT2D eigenvalue weighted by atomic mass is 10.0. The third kappa shape index (κ3) is 5.40. The molecule has 1 saturated heterocycles. The zero-order chi connectivity index (χ0) is 21.7. The first-order valence-corrected chi connectivity index (χ1v) is 9.29. The Labute approximate surface area is 171 Å². The number of rotatable bonds is 6. The second-order valence-corrected chi connectivity index (χ2v) is 6.81. The minimum Gasteiger partial charge on any atom is -0.481 e. The van der Waals surface area contributed by atoms with Crippen molar-refractivity contribution in [3.05, 3.63) is 53.7 Å². The molecule has 1 aliphatic heterocycles. The number of anilines is 1. The van der Waals surface area contributed by atoms with Crippen molar-refractivity contribution in [2.75, 3.05) is 25.5 Å². The molecule has 160 valence electrons. The number of aromatic nitrogens is 1. The Hall–Kier alpha value is -3.30. The van der Waals surface area contributed by atoms with Gasteiger partial charge in [0, 0.05) is 25.6 Å². The van der Waals surface area contributed by atoms with Gasteiger partial charge in [-0.25, -0.2) is 9.78 Å². The maximum absolute atomic E-state index is 13.1. The highest BCUT2D eigenvalue weighted by molar-refractivity contribution is 5.89. The van der Waals surface area contributed by atoms with E-state index in [0.29, 0.717) is 31.0 Å². The standard InChI is InChI=1S/C20H21F3N4O3/c1-30-17-8-7-15(11-24-17)25-19(29)26-16(12-27-9-3-6-18(27)28)13-4-2-5-14(10-13)20(21,22)23/h2,4-5,7-8,10-11,16H,3,6,9,12H2,1H3,(H2,25,26,29)/t16-/m0/s1. The molecule has 1 aromatic carbocycles. The molecule has 1 aliphatic rings. The number of carbonyl (C=O) groups is 2. The van der Waals surface area contributed by atoms with Crippen LogP contribution in [0.2, 0.25) is 0 Å². The van der Waals surface area contributed by atoms with Crippen LogP contribution in [0.15, 0.2) is 42.6 Å². The van der Waals surface area contributed by atoms with Crippen molar-refractivity contribution in [3.63, 3.8) is 0 Å². The molecule has 0 aliphatic carbocycles. The minimum absolute atomic E-state index is 0.0778. The third-order valence-electron chi connectivity index (χ3n) is 4.70. The Morgan fingerprint density at radius 1 is 1.30 bits per heavy atom. The highest BCUT2D eigenvalue weighted by Gasteiger charge is 2.32. The molecular formula is C20H21F3N4O3. The summed E-state index contributed by atoms with van der Waals surface area (Å²) in [4.78, 5) is 30.0. The van der Waals surface area contributed by atoms with Gasteiger partial charge >= 0.3 is 12.2 Å². The smallest absolute Gasteiger partial charge is 0.416 e. The highest BCUT2D eigenvalue weighted by atomic mass is 19.4. The minimum atomic E-state index is -4.51. The van der Waals surface area contributed by atoms with Crippen molar-refractivity contribution in [3.8, 4) is 5.88 Å². The lowest BCUT2D eigenvalue weighted by Gasteiger charge is -2.26. The number of hydrogen-bond donors (Lipinski definition) is 2. The maximum atomic E-state index is 13.1. The summed E-state index contributed by atoms with van der Waals surface area (Å²) in [5.41, 5.74) is -0.180. The second kappa shape index (κ2) is 9.02. The summed E-state index contributed by atoms with van der Waals surface area (Å²) >= 11 is 0. The Morgan fingerprint density at radius 3 is 2.70 bits per heavy atom. The molecule has 0 bridgehead atoms. The molecule has 7 nitrogen and oxygen atoms in total. The predicted molar refractivity (Wildman–Crippen MR) is 103 cm³/mol. The van der Waals surface area contributed by atoms with Crippen LogP contribution < -0.4 is 15.4 Å². The number of urea groups is 1. The molecule has 1 aromatic heterocycles. The van der Waals surface area contributed by atoms with Crippen molar-refractivity contribution in [1.29, 1.82) is 0 Å². The Morgan fingerprint density at radius 2 is 2.10 bits per heavy atom. The lowest BCUT2D eigenvalue weighted by molar-refractivity contribution is -0.137. The Balaban J connectivity index is 1.78. The highest BCUT2D eigenvalue weighted by Crippen LogP contribution is 2.31. The molecule has 10 heteroatoms. The third-order valence-corrected chi connectivity index (χ3v) is 4.70. The number of nitrogens with one attached hydrogen (secondary N) is 2. The number of carbonyl (C=O) groups excluding carboxylic acids is 2. The van der Waals surface area contributed by atoms with Gasteiger partial charge in [0.15, 0.2) is 0 Å². The zero-order valence-corrected chi connectivity index (χ0v) is 16.2. The van der Waals surface area contributed by atoms with Crippen LogP contribution in [-0.4, -0.2) is 42.0 Å². The van der Waals surface area contributed by atoms with Crippen molar-refractivity contribution >= 4 is 17.6 Å². The van der Waals surface area contributed by atoms with Crippen molar-refractivity contribution < 1.29 is 27.5 Å². The van der Waals surface area contributed by atoms with E-state index in [1.54, 1.807) is 17.0 Å². The molecule has 1 fully saturated rings. The van der Waals surface area contributed by atoms with E-state index in [9.17, 15) is 22.8 Å². The van der Waals surface area contributed by atoms with Crippen LogP contribution in [0.4, 0.5) is 23.7 Å². The summed E-state index contributed by atoms with van der Waals surface area (Å²) in [6.07, 6.45) is -2.06. The Bertz CT molecular complexity index is 903. The summed E-state index contributed by atoms with van der Waals surface area (Å²) in [6, 6.07) is 6.42. The van der Waals surface area contributed by atoms with Gasteiger partial charge in [-0.1, -0.05) is 12.1 Å². The van der Waals surface area contributed by atoms with Crippen LogP contribution in [0.3, 0.4) is 0 Å². The molecular weight excluding hydrogens is 401 g/mol. The average molecular weight is 422 g/mol. The fraction of sp³-hybridized carbons (Fsp3) is 0.350. The van der Waals surface area contributed by atoms with Gasteiger partial charge in [-0.05, 0) is 30.2 Å². The summed E-state index contributed by atoms with van der Waals surface area (Å²) < 4.78 is 44.3. The number of ether oxygens (including phenoxy) is 1. The number of pyridine rings is 1. The van der Waals surface area contributed by atoms with Gasteiger partial charge in [0.1, 0.15) is 0 Å². The predicted octanol–water partition coefficient (Wildman–Crippen LogP) is 3.59. The number of alkyl halides is 3. The first kappa shape index (κ1) is 21.4. The molecule has 0 radical (unpaired) electrons. The molecule has 3 rings (SSSR count). The van der Waals surface area contributed by atoms with Gasteiger partial charge in [-0.15, -0.1) is 0 Å². The monoisotopic (exact) mass is 422 g/mol. The van der Waals surface area contributed by atoms with Crippen LogP contribution in [0, 0.1) is 0 Å². The molecule has 0 unspecified atom stereocenters. The van der Waals surface area contributed by atoms with Crippen molar-refractivity contribution in [1.82, 2.24) is 15.2 Å². The number of hydrogen-bond acceptors (Lipinski definition) is 4. The summed E-state index contributed by atoms with van der Waals surface area (Å²) in [5, 5.41) is 5.25. The van der Waals surface area contributed by atoms with Crippen LogP contribution in [0.1, 0.15) is 30.0 Å². The summed E-state index contributed by atoms with van der Waals surface area (Å²) in [5.74, 6) is 0.281. The van der Waals surface area contributed by atoms with Crippen LogP contribution in [0.5, 0.6) is 5.88 Å². The average Bonchev–Trinajstić information content (AvgIpc) is 3.12. The van der Waals surface area contributed by atoms with Gasteiger partial charge < -0.3 is 20.3 Å². The molecule has 2 N–H and O–H groups in total. The number of methoxy groups -OCH3 is 1. The molecule has 1 atom stereocenters. The van der Waals surface area contributed by atoms with E-state index < -0.39 is 23.8 Å². The second-order valence-electron chi connectivity index (χ2n) is 6.81. The summed E-state index contributed by atoms with van der Waals surface area (Å²) in [7, 11) is 1.46. The quantitative estimate of drug-likeness (QED) is 0.745. The van der Waals surface area contributed by atoms with E-state index in [-0.39, 0.29) is 18.0 Å². The molecule has 0 spiro atoms. The van der Waals surface area contributed by atoms with E-state index in [1.165, 1.54) is 25.4 Å². The van der Waals surface area contributed by atoms with E-state index in [4.69, 9.17) is 4.74 Å². The first-order valence-electron chi connectivity index (χ1n) is 9.29. The van der Waals surface area contributed by atoms with Crippen LogP contribution in [0.25, 0.3) is 0 Å². The van der Waals surface area contributed by atoms with E-state index >= 15 is 0 Å². The largest absolute Gasteiger partial charge is 0.481 e. The van der Waals surface area contributed by atoms with Crippen molar-refractivity contribution in [2.45, 2.75) is 25.1 Å². The van der Waals surface area contributed by atoms with Gasteiger partial charge in [0.25, 0.3) is 0 Å². The number of benzene rings is 1. The topological polar surface area (TPSA) is 83.6 Å². The number of halogens is 3. The summed E-state index contributed by atoms with van der Waals surface area (Å²) in [6.45, 7) is 0.578. The molecule has 3 amide bonds. The van der Waals surface area contributed by atoms with Gasteiger partial charge in [0.05, 0.1) is 30.6 Å². The molecule has 2 heterocycles. The van der Waals surface area contributed by atoms with E-state index in [0.717, 1.165) is 12.1 Å². The van der Waals surface area contributed by atoms with Gasteiger partial charge in [-0.2, -0.15) is 13.2 Å². The molecule has 30 heavy (non-hydrogen) atoms. The fourth-order valence-corrected chi connectivity index (χ4v) is 3.18. The zero-order valence-electron chi connectivity index (χ0n) is 16.2.